The number of hydrogen-bond donors (Lipinski definition) is 0. The summed E-state index contributed by atoms with van der Waals surface area (Å²) in [6.07, 6.45) is 0. The Bertz CT molecular complexity index is 553. The van der Waals surface area contributed by atoms with Crippen molar-refractivity contribution in [3.63, 3.8) is 0 Å². The van der Waals surface area contributed by atoms with Crippen molar-refractivity contribution in [2.24, 2.45) is 0 Å². The van der Waals surface area contributed by atoms with Gasteiger partial charge in [0.05, 0.1) is 5.69 Å². The first-order valence-electron chi connectivity index (χ1n) is 5.37. The minimum atomic E-state index is -0.0366. The van der Waals surface area contributed by atoms with Gasteiger partial charge in [0, 0.05) is 18.1 Å². The third-order valence-electron chi connectivity index (χ3n) is 2.53. The number of benzene rings is 1. The molecule has 0 radical (unpaired) electrons. The van der Waals surface area contributed by atoms with Crippen molar-refractivity contribution in [1.82, 2.24) is 14.5 Å². The largest absolute Gasteiger partial charge is 0.337 e. The smallest absolute Gasteiger partial charge is 0.267 e. The Kier molecular flexibility index (Phi) is 4.08. The molecule has 0 fully saturated rings. The van der Waals surface area contributed by atoms with Gasteiger partial charge in [-0.3, -0.25) is 4.79 Å². The number of carbonyl (C=O) groups excluding carboxylic acids is 1. The lowest BCUT2D eigenvalue weighted by molar-refractivity contribution is 0.0789. The second-order valence-electron chi connectivity index (χ2n) is 3.98. The molecule has 0 N–H and O–H groups in total. The van der Waals surface area contributed by atoms with Crippen LogP contribution in [0.5, 0.6) is 0 Å². The summed E-state index contributed by atoms with van der Waals surface area (Å²) in [6, 6.07) is 7.91. The second kappa shape index (κ2) is 5.58. The molecule has 2 aromatic rings. The van der Waals surface area contributed by atoms with Crippen molar-refractivity contribution >= 4 is 33.4 Å². The molecule has 0 unspecified atom stereocenters. The summed E-state index contributed by atoms with van der Waals surface area (Å²) in [6.45, 7) is 2.37. The molecule has 0 saturated heterocycles. The van der Waals surface area contributed by atoms with Gasteiger partial charge >= 0.3 is 0 Å². The van der Waals surface area contributed by atoms with E-state index in [9.17, 15) is 4.79 Å². The minimum absolute atomic E-state index is 0.0366. The predicted molar refractivity (Wildman–Crippen MR) is 74.6 cm³/mol. The molecule has 0 saturated carbocycles. The molecule has 6 heteroatoms. The van der Waals surface area contributed by atoms with Crippen LogP contribution in [0.25, 0.3) is 0 Å². The maximum atomic E-state index is 12.1. The van der Waals surface area contributed by atoms with E-state index in [0.29, 0.717) is 17.1 Å². The fourth-order valence-corrected chi connectivity index (χ4v) is 2.45. The first-order chi connectivity index (χ1) is 8.58. The van der Waals surface area contributed by atoms with Crippen molar-refractivity contribution in [2.45, 2.75) is 13.5 Å². The minimum Gasteiger partial charge on any atom is -0.337 e. The van der Waals surface area contributed by atoms with Gasteiger partial charge in [-0.1, -0.05) is 32.6 Å². The van der Waals surface area contributed by atoms with Gasteiger partial charge in [-0.15, -0.1) is 5.10 Å². The van der Waals surface area contributed by atoms with Crippen LogP contribution in [0.3, 0.4) is 0 Å². The lowest BCUT2D eigenvalue weighted by Gasteiger charge is -2.16. The lowest BCUT2D eigenvalue weighted by Crippen LogP contribution is -2.26. The molecular formula is C12H12BrN3OS. The third-order valence-corrected chi connectivity index (χ3v) is 3.87. The van der Waals surface area contributed by atoms with Crippen molar-refractivity contribution in [3.8, 4) is 0 Å². The molecule has 0 bridgehead atoms. The average Bonchev–Trinajstić information content (AvgIpc) is 2.77. The van der Waals surface area contributed by atoms with Gasteiger partial charge in [0.2, 0.25) is 0 Å². The van der Waals surface area contributed by atoms with E-state index < -0.39 is 0 Å². The molecule has 4 nitrogen and oxygen atoms in total. The Morgan fingerprint density at radius 2 is 2.06 bits per heavy atom. The molecule has 0 aliphatic rings. The zero-order chi connectivity index (χ0) is 13.1. The van der Waals surface area contributed by atoms with Crippen molar-refractivity contribution in [1.29, 1.82) is 0 Å². The van der Waals surface area contributed by atoms with E-state index in [1.807, 2.05) is 24.3 Å². The Labute approximate surface area is 118 Å². The molecule has 0 spiro atoms. The van der Waals surface area contributed by atoms with Crippen LogP contribution in [0.1, 0.15) is 20.9 Å². The van der Waals surface area contributed by atoms with Gasteiger partial charge in [0.25, 0.3) is 5.91 Å². The molecule has 1 aromatic carbocycles. The molecule has 18 heavy (non-hydrogen) atoms. The summed E-state index contributed by atoms with van der Waals surface area (Å²) in [5, 5.41) is 3.85. The van der Waals surface area contributed by atoms with E-state index in [1.165, 1.54) is 0 Å². The highest BCUT2D eigenvalue weighted by atomic mass is 79.9. The highest BCUT2D eigenvalue weighted by Gasteiger charge is 2.17. The summed E-state index contributed by atoms with van der Waals surface area (Å²) < 4.78 is 4.81. The first-order valence-corrected chi connectivity index (χ1v) is 6.93. The van der Waals surface area contributed by atoms with Gasteiger partial charge in [-0.05, 0) is 36.2 Å². The van der Waals surface area contributed by atoms with Crippen LogP contribution in [0.15, 0.2) is 28.7 Å². The normalized spacial score (nSPS) is 10.4. The molecule has 1 amide bonds. The number of carbonyl (C=O) groups is 1. The van der Waals surface area contributed by atoms with Gasteiger partial charge in [-0.2, -0.15) is 0 Å². The maximum absolute atomic E-state index is 12.1. The van der Waals surface area contributed by atoms with Gasteiger partial charge in [-0.25, -0.2) is 0 Å². The topological polar surface area (TPSA) is 46.1 Å². The van der Waals surface area contributed by atoms with Crippen molar-refractivity contribution in [3.05, 3.63) is 44.9 Å². The standard InChI is InChI=1S/C12H12BrN3OS/c1-8-11(18-15-14-8)12(17)16(2)7-9-3-5-10(13)6-4-9/h3-6H,7H2,1-2H3. The number of amides is 1. The van der Waals surface area contributed by atoms with Crippen molar-refractivity contribution < 1.29 is 4.79 Å². The number of halogens is 1. The molecule has 1 aromatic heterocycles. The van der Waals surface area contributed by atoms with Crippen LogP contribution < -0.4 is 0 Å². The number of nitrogens with zero attached hydrogens (tertiary/aromatic N) is 3. The van der Waals surface area contributed by atoms with Gasteiger partial charge < -0.3 is 4.90 Å². The second-order valence-corrected chi connectivity index (χ2v) is 5.64. The number of rotatable bonds is 3. The van der Waals surface area contributed by atoms with Crippen LogP contribution in [0.4, 0.5) is 0 Å². The molecule has 2 rings (SSSR count). The number of aromatic nitrogens is 2. The van der Waals surface area contributed by atoms with E-state index in [1.54, 1.807) is 18.9 Å². The van der Waals surface area contributed by atoms with Crippen molar-refractivity contribution in [2.75, 3.05) is 7.05 Å². The van der Waals surface area contributed by atoms with E-state index in [4.69, 9.17) is 0 Å². The van der Waals surface area contributed by atoms with E-state index in [2.05, 4.69) is 25.5 Å². The fourth-order valence-electron chi connectivity index (χ4n) is 1.54. The highest BCUT2D eigenvalue weighted by molar-refractivity contribution is 9.10. The average molecular weight is 326 g/mol. The Morgan fingerprint density at radius 1 is 1.39 bits per heavy atom. The van der Waals surface area contributed by atoms with Gasteiger partial charge in [0.15, 0.2) is 0 Å². The summed E-state index contributed by atoms with van der Waals surface area (Å²) >= 11 is 4.53. The Morgan fingerprint density at radius 3 is 2.61 bits per heavy atom. The molecule has 0 aliphatic heterocycles. The van der Waals surface area contributed by atoms with E-state index >= 15 is 0 Å². The van der Waals surface area contributed by atoms with E-state index in [0.717, 1.165) is 21.6 Å². The third kappa shape index (κ3) is 2.94. The van der Waals surface area contributed by atoms with Crippen LogP contribution in [-0.4, -0.2) is 27.4 Å². The van der Waals surface area contributed by atoms with Crippen LogP contribution >= 0.6 is 27.5 Å². The molecular weight excluding hydrogens is 314 g/mol. The SMILES string of the molecule is Cc1nnsc1C(=O)N(C)Cc1ccc(Br)cc1. The lowest BCUT2D eigenvalue weighted by atomic mass is 10.2. The highest BCUT2D eigenvalue weighted by Crippen LogP contribution is 2.15. The van der Waals surface area contributed by atoms with Crippen LogP contribution in [0, 0.1) is 6.92 Å². The first kappa shape index (κ1) is 13.2. The summed E-state index contributed by atoms with van der Waals surface area (Å²) in [5.41, 5.74) is 1.77. The fraction of sp³-hybridized carbons (Fsp3) is 0.250. The molecule has 0 atom stereocenters. The zero-order valence-corrected chi connectivity index (χ0v) is 12.5. The van der Waals surface area contributed by atoms with Crippen LogP contribution in [-0.2, 0) is 6.54 Å². The Hall–Kier alpha value is -1.27. The Balaban J connectivity index is 2.08. The number of aryl methyl sites for hydroxylation is 1. The molecule has 94 valence electrons. The maximum Gasteiger partial charge on any atom is 0.267 e. The monoisotopic (exact) mass is 325 g/mol. The van der Waals surface area contributed by atoms with Gasteiger partial charge in [0.1, 0.15) is 4.88 Å². The summed E-state index contributed by atoms with van der Waals surface area (Å²) in [5.74, 6) is -0.0366. The quantitative estimate of drug-likeness (QED) is 0.871. The summed E-state index contributed by atoms with van der Waals surface area (Å²) in [4.78, 5) is 14.4. The predicted octanol–water partition coefficient (Wildman–Crippen LogP) is 2.88. The summed E-state index contributed by atoms with van der Waals surface area (Å²) in [7, 11) is 1.78. The van der Waals surface area contributed by atoms with E-state index in [-0.39, 0.29) is 5.91 Å². The molecule has 1 heterocycles. The zero-order valence-electron chi connectivity index (χ0n) is 10.1. The molecule has 0 aliphatic carbocycles. The number of hydrogen-bond acceptors (Lipinski definition) is 4. The van der Waals surface area contributed by atoms with Crippen LogP contribution in [0.2, 0.25) is 0 Å².